The molecule has 6 heteroatoms. The molecule has 0 amide bonds. The van der Waals surface area contributed by atoms with Crippen LogP contribution in [0.3, 0.4) is 0 Å². The first-order chi connectivity index (χ1) is 11.3. The number of nitrogens with zero attached hydrogens (tertiary/aromatic N) is 3. The highest BCUT2D eigenvalue weighted by atomic mass is 16.5. The van der Waals surface area contributed by atoms with Crippen LogP contribution in [0.25, 0.3) is 16.9 Å². The highest BCUT2D eigenvalue weighted by molar-refractivity contribution is 5.68. The van der Waals surface area contributed by atoms with Crippen molar-refractivity contribution in [3.8, 4) is 17.0 Å². The van der Waals surface area contributed by atoms with Crippen LogP contribution in [0.15, 0.2) is 30.3 Å². The van der Waals surface area contributed by atoms with Gasteiger partial charge in [0.1, 0.15) is 11.6 Å². The predicted molar refractivity (Wildman–Crippen MR) is 89.4 cm³/mol. The summed E-state index contributed by atoms with van der Waals surface area (Å²) in [6.07, 6.45) is 4.34. The number of hydrogen-bond acceptors (Lipinski definition) is 5. The first-order valence-corrected chi connectivity index (χ1v) is 7.82. The Hall–Kier alpha value is -2.60. The molecule has 0 aliphatic heterocycles. The number of nitrogen functional groups attached to an aromatic ring is 1. The number of nitrogens with one attached hydrogen (secondary N) is 1. The lowest BCUT2D eigenvalue weighted by molar-refractivity contribution is 0.415. The molecule has 1 aromatic carbocycles. The number of hydrazine groups is 1. The van der Waals surface area contributed by atoms with Crippen molar-refractivity contribution in [2.24, 2.45) is 5.84 Å². The minimum Gasteiger partial charge on any atom is -0.497 e. The van der Waals surface area contributed by atoms with Crippen molar-refractivity contribution in [1.29, 1.82) is 0 Å². The first-order valence-electron chi connectivity index (χ1n) is 7.82. The Kier molecular flexibility index (Phi) is 3.38. The molecule has 23 heavy (non-hydrogen) atoms. The Morgan fingerprint density at radius 2 is 2.09 bits per heavy atom. The summed E-state index contributed by atoms with van der Waals surface area (Å²) in [7, 11) is 1.66. The molecule has 0 fully saturated rings. The molecule has 6 nitrogen and oxygen atoms in total. The topological polar surface area (TPSA) is 77.5 Å². The lowest BCUT2D eigenvalue weighted by Gasteiger charge is -2.18. The molecule has 0 unspecified atom stereocenters. The summed E-state index contributed by atoms with van der Waals surface area (Å²) in [6.45, 7) is 0. The van der Waals surface area contributed by atoms with E-state index in [0.717, 1.165) is 47.0 Å². The lowest BCUT2D eigenvalue weighted by atomic mass is 9.96. The maximum Gasteiger partial charge on any atom is 0.158 e. The number of anilines is 1. The Bertz CT molecular complexity index is 871. The second-order valence-corrected chi connectivity index (χ2v) is 5.77. The quantitative estimate of drug-likeness (QED) is 0.574. The van der Waals surface area contributed by atoms with Gasteiger partial charge in [-0.1, -0.05) is 12.1 Å². The maximum atomic E-state index is 5.77. The molecule has 4 rings (SSSR count). The van der Waals surface area contributed by atoms with Gasteiger partial charge in [0.05, 0.1) is 12.8 Å². The first kappa shape index (κ1) is 14.0. The zero-order valence-corrected chi connectivity index (χ0v) is 13.0. The summed E-state index contributed by atoms with van der Waals surface area (Å²) in [4.78, 5) is 4.79. The molecule has 0 atom stereocenters. The van der Waals surface area contributed by atoms with Crippen molar-refractivity contribution < 1.29 is 4.74 Å². The van der Waals surface area contributed by atoms with E-state index in [9.17, 15) is 0 Å². The standard InChI is InChI=1S/C17H19N5O/c1-23-12-6-4-5-11(9-12)15-10-16-19-14-8-3-2-7-13(14)17(20-18)22(16)21-15/h4-6,9-10,20H,2-3,7-8,18H2,1H3. The minimum atomic E-state index is 0.809. The summed E-state index contributed by atoms with van der Waals surface area (Å²) >= 11 is 0. The van der Waals surface area contributed by atoms with E-state index in [2.05, 4.69) is 5.43 Å². The average Bonchev–Trinajstić information content (AvgIpc) is 3.03. The van der Waals surface area contributed by atoms with Gasteiger partial charge in [0.15, 0.2) is 5.65 Å². The maximum absolute atomic E-state index is 5.77. The van der Waals surface area contributed by atoms with E-state index < -0.39 is 0 Å². The van der Waals surface area contributed by atoms with Crippen molar-refractivity contribution in [3.05, 3.63) is 41.6 Å². The van der Waals surface area contributed by atoms with E-state index in [1.807, 2.05) is 30.3 Å². The van der Waals surface area contributed by atoms with Gasteiger partial charge in [-0.15, -0.1) is 0 Å². The number of rotatable bonds is 3. The van der Waals surface area contributed by atoms with Crippen LogP contribution < -0.4 is 16.0 Å². The van der Waals surface area contributed by atoms with Crippen molar-refractivity contribution >= 4 is 11.5 Å². The van der Waals surface area contributed by atoms with Crippen LogP contribution in [0.1, 0.15) is 24.1 Å². The summed E-state index contributed by atoms with van der Waals surface area (Å²) < 4.78 is 7.10. The van der Waals surface area contributed by atoms with Gasteiger partial charge >= 0.3 is 0 Å². The average molecular weight is 309 g/mol. The van der Waals surface area contributed by atoms with Gasteiger partial charge in [-0.2, -0.15) is 9.61 Å². The molecule has 1 aliphatic rings. The largest absolute Gasteiger partial charge is 0.497 e. The van der Waals surface area contributed by atoms with Gasteiger partial charge < -0.3 is 10.2 Å². The third-order valence-electron chi connectivity index (χ3n) is 4.38. The molecule has 3 aromatic rings. The second-order valence-electron chi connectivity index (χ2n) is 5.77. The molecule has 0 spiro atoms. The van der Waals surface area contributed by atoms with Crippen molar-refractivity contribution in [3.63, 3.8) is 0 Å². The number of methoxy groups -OCH3 is 1. The van der Waals surface area contributed by atoms with Crippen LogP contribution >= 0.6 is 0 Å². The minimum absolute atomic E-state index is 0.809. The van der Waals surface area contributed by atoms with Crippen molar-refractivity contribution in [2.45, 2.75) is 25.7 Å². The van der Waals surface area contributed by atoms with Crippen LogP contribution in [0.2, 0.25) is 0 Å². The summed E-state index contributed by atoms with van der Waals surface area (Å²) in [5.41, 5.74) is 7.81. The zero-order chi connectivity index (χ0) is 15.8. The monoisotopic (exact) mass is 309 g/mol. The zero-order valence-electron chi connectivity index (χ0n) is 13.0. The van der Waals surface area contributed by atoms with E-state index in [4.69, 9.17) is 20.7 Å². The molecule has 0 radical (unpaired) electrons. The fourth-order valence-electron chi connectivity index (χ4n) is 3.22. The summed E-state index contributed by atoms with van der Waals surface area (Å²) in [6, 6.07) is 9.85. The van der Waals surface area contributed by atoms with Crippen LogP contribution in [0.5, 0.6) is 5.75 Å². The number of ether oxygens (including phenoxy) is 1. The van der Waals surface area contributed by atoms with Crippen LogP contribution in [-0.4, -0.2) is 21.7 Å². The number of aryl methyl sites for hydroxylation is 1. The molecular formula is C17H19N5O. The fraction of sp³-hybridized carbons (Fsp3) is 0.294. The highest BCUT2D eigenvalue weighted by Gasteiger charge is 2.19. The van der Waals surface area contributed by atoms with Crippen LogP contribution in [0, 0.1) is 0 Å². The van der Waals surface area contributed by atoms with E-state index in [1.54, 1.807) is 11.6 Å². The van der Waals surface area contributed by atoms with Crippen LogP contribution in [0.4, 0.5) is 5.82 Å². The van der Waals surface area contributed by atoms with Gasteiger partial charge in [-0.3, -0.25) is 0 Å². The smallest absolute Gasteiger partial charge is 0.158 e. The Labute approximate surface area is 134 Å². The molecule has 118 valence electrons. The number of fused-ring (bicyclic) bond motifs is 2. The Balaban J connectivity index is 1.90. The molecule has 1 aliphatic carbocycles. The van der Waals surface area contributed by atoms with Gasteiger partial charge in [-0.05, 0) is 37.8 Å². The third kappa shape index (κ3) is 2.31. The Morgan fingerprint density at radius 3 is 2.91 bits per heavy atom. The van der Waals surface area contributed by atoms with Crippen LogP contribution in [-0.2, 0) is 12.8 Å². The predicted octanol–water partition coefficient (Wildman–Crippen LogP) is 2.57. The molecular weight excluding hydrogens is 290 g/mol. The highest BCUT2D eigenvalue weighted by Crippen LogP contribution is 2.30. The van der Waals surface area contributed by atoms with Crippen molar-refractivity contribution in [1.82, 2.24) is 14.6 Å². The summed E-state index contributed by atoms with van der Waals surface area (Å²) in [5, 5.41) is 4.69. The van der Waals surface area contributed by atoms with Gasteiger partial charge in [0.2, 0.25) is 0 Å². The lowest BCUT2D eigenvalue weighted by Crippen LogP contribution is -2.18. The SMILES string of the molecule is COc1cccc(-c2cc3nc4c(c(NN)n3n2)CCCC4)c1. The van der Waals surface area contributed by atoms with E-state index in [-0.39, 0.29) is 0 Å². The normalized spacial score (nSPS) is 13.8. The molecule has 0 bridgehead atoms. The number of nitrogens with two attached hydrogens (primary N) is 1. The molecule has 2 heterocycles. The van der Waals surface area contributed by atoms with Gasteiger partial charge in [0, 0.05) is 22.9 Å². The number of benzene rings is 1. The molecule has 0 saturated heterocycles. The van der Waals surface area contributed by atoms with Gasteiger partial charge in [-0.25, -0.2) is 10.8 Å². The summed E-state index contributed by atoms with van der Waals surface area (Å²) in [5.74, 6) is 7.43. The van der Waals surface area contributed by atoms with E-state index in [1.165, 1.54) is 18.4 Å². The second kappa shape index (κ2) is 5.55. The van der Waals surface area contributed by atoms with Gasteiger partial charge in [0.25, 0.3) is 0 Å². The van der Waals surface area contributed by atoms with E-state index in [0.29, 0.717) is 0 Å². The Morgan fingerprint density at radius 1 is 1.22 bits per heavy atom. The number of aromatic nitrogens is 3. The van der Waals surface area contributed by atoms with E-state index >= 15 is 0 Å². The third-order valence-corrected chi connectivity index (χ3v) is 4.38. The fourth-order valence-corrected chi connectivity index (χ4v) is 3.22. The molecule has 0 saturated carbocycles. The molecule has 2 aromatic heterocycles. The molecule has 3 N–H and O–H groups in total. The van der Waals surface area contributed by atoms with Crippen molar-refractivity contribution in [2.75, 3.05) is 12.5 Å². The number of hydrogen-bond donors (Lipinski definition) is 2.